The molecular formula is C12H16Br2N2. The van der Waals surface area contributed by atoms with E-state index in [1.165, 1.54) is 19.3 Å². The summed E-state index contributed by atoms with van der Waals surface area (Å²) in [5, 5.41) is 1.00. The fourth-order valence-corrected chi connectivity index (χ4v) is 2.57. The fourth-order valence-electron chi connectivity index (χ4n) is 1.96. The molecule has 4 heteroatoms. The summed E-state index contributed by atoms with van der Waals surface area (Å²) in [5.41, 5.74) is 1.07. The third-order valence-electron chi connectivity index (χ3n) is 3.14. The molecule has 0 spiro atoms. The number of pyridine rings is 1. The van der Waals surface area contributed by atoms with Gasteiger partial charge in [0.15, 0.2) is 0 Å². The topological polar surface area (TPSA) is 16.1 Å². The first-order chi connectivity index (χ1) is 7.72. The molecule has 0 aliphatic heterocycles. The minimum absolute atomic E-state index is 0.700. The second-order valence-electron chi connectivity index (χ2n) is 4.20. The average molecular weight is 348 g/mol. The number of hydrogen-bond donors (Lipinski definition) is 0. The number of halogens is 2. The zero-order chi connectivity index (χ0) is 11.5. The summed E-state index contributed by atoms with van der Waals surface area (Å²) in [4.78, 5) is 7.08. The van der Waals surface area contributed by atoms with Crippen LogP contribution in [0.5, 0.6) is 0 Å². The van der Waals surface area contributed by atoms with Gasteiger partial charge >= 0.3 is 0 Å². The minimum Gasteiger partial charge on any atom is -0.353 e. The van der Waals surface area contributed by atoms with Crippen molar-refractivity contribution in [2.24, 2.45) is 0 Å². The number of hydrogen-bond acceptors (Lipinski definition) is 2. The average Bonchev–Trinajstić information content (AvgIpc) is 2.19. The monoisotopic (exact) mass is 346 g/mol. The Morgan fingerprint density at radius 2 is 2.19 bits per heavy atom. The molecule has 0 N–H and O–H groups in total. The molecule has 2 nitrogen and oxygen atoms in total. The molecular weight excluding hydrogens is 332 g/mol. The van der Waals surface area contributed by atoms with Crippen molar-refractivity contribution >= 4 is 37.7 Å². The van der Waals surface area contributed by atoms with Crippen molar-refractivity contribution in [1.29, 1.82) is 0 Å². The van der Waals surface area contributed by atoms with E-state index in [2.05, 4.69) is 53.9 Å². The van der Waals surface area contributed by atoms with Crippen molar-refractivity contribution in [2.45, 2.75) is 32.2 Å². The van der Waals surface area contributed by atoms with Crippen LogP contribution >= 0.6 is 31.9 Å². The van der Waals surface area contributed by atoms with Gasteiger partial charge in [-0.3, -0.25) is 0 Å². The lowest BCUT2D eigenvalue weighted by molar-refractivity contribution is 0.389. The molecule has 1 saturated carbocycles. The molecule has 0 amide bonds. The molecule has 88 valence electrons. The van der Waals surface area contributed by atoms with Crippen molar-refractivity contribution in [2.75, 3.05) is 16.8 Å². The Bertz CT molecular complexity index is 364. The van der Waals surface area contributed by atoms with E-state index in [4.69, 9.17) is 0 Å². The lowest BCUT2D eigenvalue weighted by Crippen LogP contribution is -2.41. The van der Waals surface area contributed by atoms with Gasteiger partial charge in [0.1, 0.15) is 5.82 Å². The Morgan fingerprint density at radius 1 is 1.44 bits per heavy atom. The summed E-state index contributed by atoms with van der Waals surface area (Å²) in [5.74, 6) is 1.12. The first-order valence-corrected chi connectivity index (χ1v) is 7.59. The lowest BCUT2D eigenvalue weighted by atomic mass is 9.91. The Labute approximate surface area is 114 Å². The number of aryl methyl sites for hydroxylation is 1. The highest BCUT2D eigenvalue weighted by Gasteiger charge is 2.25. The summed E-state index contributed by atoms with van der Waals surface area (Å²) < 4.78 is 1.09. The van der Waals surface area contributed by atoms with Gasteiger partial charge in [-0.1, -0.05) is 15.9 Å². The first kappa shape index (κ1) is 12.4. The van der Waals surface area contributed by atoms with Gasteiger partial charge in [-0.2, -0.15) is 0 Å². The maximum Gasteiger partial charge on any atom is 0.129 e. The molecule has 0 atom stereocenters. The molecule has 0 aromatic carbocycles. The van der Waals surface area contributed by atoms with Gasteiger partial charge in [0, 0.05) is 22.4 Å². The van der Waals surface area contributed by atoms with Crippen LogP contribution in [0.4, 0.5) is 5.82 Å². The van der Waals surface area contributed by atoms with E-state index in [0.29, 0.717) is 6.04 Å². The van der Waals surface area contributed by atoms with Gasteiger partial charge in [0.25, 0.3) is 0 Å². The zero-order valence-electron chi connectivity index (χ0n) is 9.42. The smallest absolute Gasteiger partial charge is 0.129 e. The third kappa shape index (κ3) is 2.59. The highest BCUT2D eigenvalue weighted by atomic mass is 79.9. The molecule has 0 unspecified atom stereocenters. The van der Waals surface area contributed by atoms with Crippen molar-refractivity contribution in [3.05, 3.63) is 22.3 Å². The highest BCUT2D eigenvalue weighted by Crippen LogP contribution is 2.29. The van der Waals surface area contributed by atoms with Gasteiger partial charge in [0.2, 0.25) is 0 Å². The van der Waals surface area contributed by atoms with Crippen molar-refractivity contribution in [1.82, 2.24) is 4.98 Å². The van der Waals surface area contributed by atoms with Crippen LogP contribution in [-0.2, 0) is 0 Å². The summed E-state index contributed by atoms with van der Waals surface area (Å²) >= 11 is 7.02. The molecule has 1 aromatic rings. The van der Waals surface area contributed by atoms with E-state index >= 15 is 0 Å². The number of rotatable bonds is 4. The van der Waals surface area contributed by atoms with Gasteiger partial charge in [-0.15, -0.1) is 0 Å². The molecule has 1 fully saturated rings. The van der Waals surface area contributed by atoms with E-state index in [1.54, 1.807) is 0 Å². The van der Waals surface area contributed by atoms with Crippen molar-refractivity contribution in [3.8, 4) is 0 Å². The predicted octanol–water partition coefficient (Wildman–Crippen LogP) is 3.91. The number of aromatic nitrogens is 1. The third-order valence-corrected chi connectivity index (χ3v) is 4.33. The molecule has 1 aromatic heterocycles. The predicted molar refractivity (Wildman–Crippen MR) is 75.5 cm³/mol. The largest absolute Gasteiger partial charge is 0.353 e. The molecule has 1 aliphatic rings. The van der Waals surface area contributed by atoms with Crippen LogP contribution in [0.1, 0.15) is 25.0 Å². The quantitative estimate of drug-likeness (QED) is 0.768. The molecule has 0 saturated heterocycles. The van der Waals surface area contributed by atoms with E-state index in [-0.39, 0.29) is 0 Å². The summed E-state index contributed by atoms with van der Waals surface area (Å²) in [6.45, 7) is 3.08. The van der Waals surface area contributed by atoms with Gasteiger partial charge in [-0.05, 0) is 54.2 Å². The Balaban J connectivity index is 2.20. The Morgan fingerprint density at radius 3 is 2.69 bits per heavy atom. The number of alkyl halides is 1. The molecule has 0 bridgehead atoms. The van der Waals surface area contributed by atoms with E-state index in [1.807, 2.05) is 6.92 Å². The highest BCUT2D eigenvalue weighted by molar-refractivity contribution is 9.10. The maximum atomic E-state index is 4.65. The van der Waals surface area contributed by atoms with Crippen LogP contribution in [0.3, 0.4) is 0 Å². The molecule has 16 heavy (non-hydrogen) atoms. The maximum absolute atomic E-state index is 4.65. The summed E-state index contributed by atoms with van der Waals surface area (Å²) in [6, 6.07) is 4.90. The van der Waals surface area contributed by atoms with E-state index in [0.717, 1.165) is 27.9 Å². The van der Waals surface area contributed by atoms with Crippen molar-refractivity contribution < 1.29 is 0 Å². The van der Waals surface area contributed by atoms with Crippen LogP contribution in [0.25, 0.3) is 0 Å². The van der Waals surface area contributed by atoms with Crippen molar-refractivity contribution in [3.63, 3.8) is 0 Å². The van der Waals surface area contributed by atoms with Crippen LogP contribution in [0.15, 0.2) is 16.6 Å². The lowest BCUT2D eigenvalue weighted by Gasteiger charge is -2.38. The molecule has 2 rings (SSSR count). The molecule has 0 radical (unpaired) electrons. The molecule has 1 heterocycles. The number of anilines is 1. The van der Waals surface area contributed by atoms with Crippen LogP contribution in [-0.4, -0.2) is 22.9 Å². The Hall–Kier alpha value is -0.0900. The van der Waals surface area contributed by atoms with Gasteiger partial charge in [0.05, 0.1) is 5.69 Å². The Kier molecular flexibility index (Phi) is 4.25. The minimum atomic E-state index is 0.700. The second-order valence-corrected chi connectivity index (χ2v) is 5.85. The SMILES string of the molecule is Cc1nc(N(CCBr)C2CCC2)ccc1Br. The molecule has 1 aliphatic carbocycles. The first-order valence-electron chi connectivity index (χ1n) is 5.68. The van der Waals surface area contributed by atoms with Crippen LogP contribution < -0.4 is 4.90 Å². The zero-order valence-corrected chi connectivity index (χ0v) is 12.6. The van der Waals surface area contributed by atoms with Crippen LogP contribution in [0.2, 0.25) is 0 Å². The fraction of sp³-hybridized carbons (Fsp3) is 0.583. The van der Waals surface area contributed by atoms with E-state index < -0.39 is 0 Å². The van der Waals surface area contributed by atoms with Gasteiger partial charge < -0.3 is 4.90 Å². The second kappa shape index (κ2) is 5.50. The van der Waals surface area contributed by atoms with Gasteiger partial charge in [-0.25, -0.2) is 4.98 Å². The van der Waals surface area contributed by atoms with E-state index in [9.17, 15) is 0 Å². The standard InChI is InChI=1S/C12H16Br2N2/c1-9-11(14)5-6-12(15-9)16(8-7-13)10-3-2-4-10/h5-6,10H,2-4,7-8H2,1H3. The summed E-state index contributed by atoms with van der Waals surface area (Å²) in [6.07, 6.45) is 3.98. The summed E-state index contributed by atoms with van der Waals surface area (Å²) in [7, 11) is 0. The normalized spacial score (nSPS) is 15.9. The van der Waals surface area contributed by atoms with Crippen LogP contribution in [0, 0.1) is 6.92 Å². The number of nitrogens with zero attached hydrogens (tertiary/aromatic N) is 2.